The molecule has 0 unspecified atom stereocenters. The monoisotopic (exact) mass is 420 g/mol. The van der Waals surface area contributed by atoms with Gasteiger partial charge < -0.3 is 19.4 Å². The van der Waals surface area contributed by atoms with Gasteiger partial charge in [0.25, 0.3) is 5.91 Å². The fraction of sp³-hybridized carbons (Fsp3) is 0.217. The SMILES string of the molecule is COC(=O)c1cc(NC(=O)c2cn3c4c(cccc4c2=O)C[C@H]3C)cc(C(=O)OC)c1. The maximum Gasteiger partial charge on any atom is 0.337 e. The molecule has 1 aliphatic heterocycles. The van der Waals surface area contributed by atoms with E-state index in [-0.39, 0.29) is 33.8 Å². The number of hydrogen-bond donors (Lipinski definition) is 1. The zero-order valence-corrected chi connectivity index (χ0v) is 17.2. The van der Waals surface area contributed by atoms with Crippen molar-refractivity contribution >= 4 is 34.4 Å². The number of nitrogens with zero attached hydrogens (tertiary/aromatic N) is 1. The minimum atomic E-state index is -0.679. The first-order valence-electron chi connectivity index (χ1n) is 9.64. The number of esters is 2. The lowest BCUT2D eigenvalue weighted by Crippen LogP contribution is -2.24. The van der Waals surface area contributed by atoms with Crippen LogP contribution in [0.3, 0.4) is 0 Å². The van der Waals surface area contributed by atoms with Crippen molar-refractivity contribution in [1.82, 2.24) is 4.57 Å². The molecule has 0 spiro atoms. The lowest BCUT2D eigenvalue weighted by Gasteiger charge is -2.13. The maximum absolute atomic E-state index is 13.0. The Kier molecular flexibility index (Phi) is 5.06. The molecule has 8 heteroatoms. The van der Waals surface area contributed by atoms with Crippen molar-refractivity contribution in [2.45, 2.75) is 19.4 Å². The molecular formula is C23H20N2O6. The first-order valence-corrected chi connectivity index (χ1v) is 9.64. The standard InChI is InChI=1S/C23H20N2O6/c1-12-7-13-5-4-6-17-19(13)25(12)11-18(20(17)26)21(27)24-16-9-14(22(28)30-2)8-15(10-16)23(29)31-3/h4-6,8-12H,7H2,1-3H3,(H,24,27)/t12-/m1/s1. The van der Waals surface area contributed by atoms with Crippen LogP contribution in [0.5, 0.6) is 0 Å². The number of amides is 1. The van der Waals surface area contributed by atoms with Gasteiger partial charge in [0.15, 0.2) is 0 Å². The zero-order valence-electron chi connectivity index (χ0n) is 17.2. The van der Waals surface area contributed by atoms with E-state index in [0.29, 0.717) is 5.39 Å². The number of carbonyl (C=O) groups excluding carboxylic acids is 3. The first kappa shape index (κ1) is 20.3. The normalized spacial score (nSPS) is 14.4. The summed E-state index contributed by atoms with van der Waals surface area (Å²) in [5, 5.41) is 3.10. The van der Waals surface area contributed by atoms with Gasteiger partial charge in [-0.3, -0.25) is 9.59 Å². The van der Waals surface area contributed by atoms with Crippen LogP contribution in [0.1, 0.15) is 49.6 Å². The molecule has 0 saturated carbocycles. The van der Waals surface area contributed by atoms with E-state index in [1.165, 1.54) is 32.4 Å². The summed E-state index contributed by atoms with van der Waals surface area (Å²) in [5.74, 6) is -2.00. The second-order valence-corrected chi connectivity index (χ2v) is 7.38. The van der Waals surface area contributed by atoms with Gasteiger partial charge in [0.2, 0.25) is 5.43 Å². The lowest BCUT2D eigenvalue weighted by molar-refractivity contribution is 0.0599. The van der Waals surface area contributed by atoms with Crippen molar-refractivity contribution in [3.8, 4) is 0 Å². The molecule has 3 aromatic rings. The number of carbonyl (C=O) groups is 3. The largest absolute Gasteiger partial charge is 0.465 e. The van der Waals surface area contributed by atoms with E-state index >= 15 is 0 Å². The molecule has 0 bridgehead atoms. The molecule has 8 nitrogen and oxygen atoms in total. The summed E-state index contributed by atoms with van der Waals surface area (Å²) < 4.78 is 11.4. The van der Waals surface area contributed by atoms with Gasteiger partial charge >= 0.3 is 11.9 Å². The van der Waals surface area contributed by atoms with Gasteiger partial charge in [-0.1, -0.05) is 12.1 Å². The van der Waals surface area contributed by atoms with Crippen molar-refractivity contribution in [1.29, 1.82) is 0 Å². The van der Waals surface area contributed by atoms with Crippen LogP contribution in [0.2, 0.25) is 0 Å². The molecule has 0 saturated heterocycles. The molecule has 31 heavy (non-hydrogen) atoms. The highest BCUT2D eigenvalue weighted by Gasteiger charge is 2.25. The van der Waals surface area contributed by atoms with Crippen molar-refractivity contribution in [2.24, 2.45) is 0 Å². The predicted molar refractivity (Wildman–Crippen MR) is 114 cm³/mol. The Balaban J connectivity index is 1.77. The number of para-hydroxylation sites is 1. The van der Waals surface area contributed by atoms with Crippen LogP contribution in [-0.2, 0) is 15.9 Å². The number of hydrogen-bond acceptors (Lipinski definition) is 6. The Morgan fingerprint density at radius 2 is 1.68 bits per heavy atom. The highest BCUT2D eigenvalue weighted by molar-refractivity contribution is 6.07. The van der Waals surface area contributed by atoms with E-state index in [2.05, 4.69) is 5.32 Å². The average molecular weight is 420 g/mol. The summed E-state index contributed by atoms with van der Waals surface area (Å²) in [6.07, 6.45) is 2.35. The molecule has 2 heterocycles. The number of benzene rings is 2. The number of aromatic nitrogens is 1. The molecule has 1 amide bonds. The molecule has 0 aliphatic carbocycles. The second-order valence-electron chi connectivity index (χ2n) is 7.38. The molecule has 0 fully saturated rings. The Morgan fingerprint density at radius 3 is 2.29 bits per heavy atom. The Labute approximate surface area is 177 Å². The number of ether oxygens (including phenoxy) is 2. The van der Waals surface area contributed by atoms with Crippen LogP contribution in [-0.4, -0.2) is 36.6 Å². The Morgan fingerprint density at radius 1 is 1.03 bits per heavy atom. The van der Waals surface area contributed by atoms with Crippen molar-refractivity contribution < 1.29 is 23.9 Å². The summed E-state index contributed by atoms with van der Waals surface area (Å²) in [5.41, 5.74) is 1.80. The van der Waals surface area contributed by atoms with Crippen LogP contribution in [0.25, 0.3) is 10.9 Å². The number of rotatable bonds is 4. The molecule has 1 aliphatic rings. The summed E-state index contributed by atoms with van der Waals surface area (Å²) in [6.45, 7) is 2.02. The number of methoxy groups -OCH3 is 2. The smallest absolute Gasteiger partial charge is 0.337 e. The van der Waals surface area contributed by atoms with Gasteiger partial charge in [-0.25, -0.2) is 9.59 Å². The van der Waals surface area contributed by atoms with Gasteiger partial charge in [-0.15, -0.1) is 0 Å². The van der Waals surface area contributed by atoms with E-state index in [9.17, 15) is 19.2 Å². The number of pyridine rings is 1. The highest BCUT2D eigenvalue weighted by atomic mass is 16.5. The van der Waals surface area contributed by atoms with Crippen LogP contribution >= 0.6 is 0 Å². The third-order valence-electron chi connectivity index (χ3n) is 5.40. The third-order valence-corrected chi connectivity index (χ3v) is 5.40. The van der Waals surface area contributed by atoms with Gasteiger partial charge in [-0.2, -0.15) is 0 Å². The van der Waals surface area contributed by atoms with Crippen molar-refractivity contribution in [2.75, 3.05) is 19.5 Å². The van der Waals surface area contributed by atoms with E-state index in [4.69, 9.17) is 9.47 Å². The number of nitrogens with one attached hydrogen (secondary N) is 1. The van der Waals surface area contributed by atoms with Crippen molar-refractivity contribution in [3.63, 3.8) is 0 Å². The van der Waals surface area contributed by atoms with Crippen LogP contribution in [0.4, 0.5) is 5.69 Å². The van der Waals surface area contributed by atoms with Crippen LogP contribution < -0.4 is 10.7 Å². The fourth-order valence-corrected chi connectivity index (χ4v) is 3.95. The van der Waals surface area contributed by atoms with Crippen LogP contribution in [0, 0.1) is 0 Å². The molecule has 4 rings (SSSR count). The second kappa shape index (κ2) is 7.71. The summed E-state index contributed by atoms with van der Waals surface area (Å²) in [6, 6.07) is 9.66. The Hall–Kier alpha value is -3.94. The van der Waals surface area contributed by atoms with Crippen LogP contribution in [0.15, 0.2) is 47.4 Å². The molecule has 158 valence electrons. The lowest BCUT2D eigenvalue weighted by atomic mass is 10.1. The minimum Gasteiger partial charge on any atom is -0.465 e. The minimum absolute atomic E-state index is 0.0264. The fourth-order valence-electron chi connectivity index (χ4n) is 3.95. The summed E-state index contributed by atoms with van der Waals surface area (Å²) in [7, 11) is 2.42. The maximum atomic E-state index is 13.0. The average Bonchev–Trinajstić information content (AvgIpc) is 3.10. The van der Waals surface area contributed by atoms with Gasteiger partial charge in [0.05, 0.1) is 30.9 Å². The topological polar surface area (TPSA) is 104 Å². The van der Waals surface area contributed by atoms with Gasteiger partial charge in [-0.05, 0) is 43.2 Å². The third kappa shape index (κ3) is 3.46. The molecule has 0 radical (unpaired) electrons. The molecule has 1 atom stereocenters. The number of anilines is 1. The van der Waals surface area contributed by atoms with Crippen molar-refractivity contribution in [3.05, 3.63) is 75.1 Å². The quantitative estimate of drug-likeness (QED) is 0.651. The molecule has 1 aromatic heterocycles. The van der Waals surface area contributed by atoms with E-state index < -0.39 is 17.8 Å². The zero-order chi connectivity index (χ0) is 22.3. The Bertz CT molecular complexity index is 1270. The molecular weight excluding hydrogens is 400 g/mol. The van der Waals surface area contributed by atoms with Gasteiger partial charge in [0.1, 0.15) is 5.56 Å². The molecule has 1 N–H and O–H groups in total. The van der Waals surface area contributed by atoms with E-state index in [0.717, 1.165) is 17.5 Å². The highest BCUT2D eigenvalue weighted by Crippen LogP contribution is 2.31. The molecule has 2 aromatic carbocycles. The summed E-state index contributed by atoms with van der Waals surface area (Å²) in [4.78, 5) is 50.0. The predicted octanol–water partition coefficient (Wildman–Crippen LogP) is 2.94. The van der Waals surface area contributed by atoms with Gasteiger partial charge in [0, 0.05) is 23.3 Å². The van der Waals surface area contributed by atoms with E-state index in [1.54, 1.807) is 12.3 Å². The first-order chi connectivity index (χ1) is 14.8. The summed E-state index contributed by atoms with van der Waals surface area (Å²) >= 11 is 0. The van der Waals surface area contributed by atoms with E-state index in [1.807, 2.05) is 23.6 Å².